The average Bonchev–Trinajstić information content (AvgIpc) is 2.72. The molecule has 7 nitrogen and oxygen atoms in total. The van der Waals surface area contributed by atoms with E-state index in [4.69, 9.17) is 15.8 Å². The van der Waals surface area contributed by atoms with Gasteiger partial charge in [0, 0.05) is 6.54 Å². The summed E-state index contributed by atoms with van der Waals surface area (Å²) in [5.74, 6) is -1.14. The second kappa shape index (κ2) is 14.4. The molecule has 0 saturated carbocycles. The van der Waals surface area contributed by atoms with Crippen molar-refractivity contribution in [3.05, 3.63) is 71.8 Å². The van der Waals surface area contributed by atoms with Gasteiger partial charge in [-0.2, -0.15) is 0 Å². The van der Waals surface area contributed by atoms with Crippen molar-refractivity contribution >= 4 is 37.9 Å². The summed E-state index contributed by atoms with van der Waals surface area (Å²) in [4.78, 5) is 11.8. The minimum atomic E-state index is -1.54. The quantitative estimate of drug-likeness (QED) is 0.206. The number of hydrogen-bond donors (Lipinski definition) is 6. The maximum absolute atomic E-state index is 11.8. The Balaban J connectivity index is 0.00000450. The number of aliphatic hydroxyl groups is 1. The fourth-order valence-electron chi connectivity index (χ4n) is 3.25. The van der Waals surface area contributed by atoms with Crippen molar-refractivity contribution in [1.29, 1.82) is 0 Å². The normalized spacial score (nSPS) is 14.3. The van der Waals surface area contributed by atoms with E-state index < -0.39 is 30.8 Å². The van der Waals surface area contributed by atoms with E-state index in [1.54, 1.807) is 0 Å². The number of rotatable bonds is 12. The first kappa shape index (κ1) is 29.4. The van der Waals surface area contributed by atoms with Gasteiger partial charge in [0.05, 0.1) is 12.1 Å². The molecule has 0 aliphatic carbocycles. The molecule has 31 heavy (non-hydrogen) atoms. The average molecular weight is 473 g/mol. The molecule has 0 spiro atoms. The first-order valence-corrected chi connectivity index (χ1v) is 9.73. The predicted octanol–water partition coefficient (Wildman–Crippen LogP) is 2.32. The van der Waals surface area contributed by atoms with Crippen molar-refractivity contribution in [3.8, 4) is 0 Å². The lowest BCUT2D eigenvalue weighted by Crippen LogP contribution is -2.56. The second-order valence-corrected chi connectivity index (χ2v) is 7.31. The number of nitrogens with one attached hydrogen (secondary N) is 1. The van der Waals surface area contributed by atoms with E-state index in [-0.39, 0.29) is 44.1 Å². The third-order valence-corrected chi connectivity index (χ3v) is 5.01. The minimum absolute atomic E-state index is 0. The number of aliphatic carboxylic acids is 1. The highest BCUT2D eigenvalue weighted by Crippen LogP contribution is 2.29. The van der Waals surface area contributed by atoms with Gasteiger partial charge in [0.2, 0.25) is 0 Å². The fourth-order valence-corrected chi connectivity index (χ4v) is 3.25. The summed E-state index contributed by atoms with van der Waals surface area (Å²) in [6.45, 7) is -0.0481. The molecule has 172 valence electrons. The Labute approximate surface area is 195 Å². The van der Waals surface area contributed by atoms with Crippen LogP contribution in [0, 0.1) is 0 Å². The number of halogens is 2. The zero-order valence-electron chi connectivity index (χ0n) is 17.1. The van der Waals surface area contributed by atoms with Gasteiger partial charge in [0.25, 0.3) is 0 Å². The number of carboxylic acids is 1. The van der Waals surface area contributed by atoms with E-state index >= 15 is 0 Å². The largest absolute Gasteiger partial charge is 0.480 e. The van der Waals surface area contributed by atoms with Crippen LogP contribution in [0.4, 0.5) is 0 Å². The lowest BCUT2D eigenvalue weighted by Gasteiger charge is -2.31. The summed E-state index contributed by atoms with van der Waals surface area (Å²) in [6.07, 6.45) is 0.354. The van der Waals surface area contributed by atoms with E-state index in [1.165, 1.54) is 0 Å². The first-order valence-electron chi connectivity index (χ1n) is 9.73. The van der Waals surface area contributed by atoms with Gasteiger partial charge in [-0.25, -0.2) is 0 Å². The highest BCUT2D eigenvalue weighted by molar-refractivity contribution is 6.40. The van der Waals surface area contributed by atoms with Gasteiger partial charge >= 0.3 is 13.1 Å². The SMILES string of the molecule is Cl.Cl.NC(CCCCB(O)O)(CN[C@H](c1ccccc1)[C@@H](O)c1ccccc1)C(=O)O. The highest BCUT2D eigenvalue weighted by Gasteiger charge is 2.35. The monoisotopic (exact) mass is 472 g/mol. The molecule has 7 N–H and O–H groups in total. The number of carbonyl (C=O) groups is 1. The molecular weight excluding hydrogens is 442 g/mol. The fraction of sp³-hybridized carbons (Fsp3) is 0.381. The number of unbranched alkanes of at least 4 members (excludes halogenated alkanes) is 1. The third kappa shape index (κ3) is 9.17. The Morgan fingerprint density at radius 2 is 1.48 bits per heavy atom. The van der Waals surface area contributed by atoms with Gasteiger partial charge in [0.15, 0.2) is 0 Å². The standard InChI is InChI=1S/C21H29BN2O5.2ClH/c23-21(20(26)27,13-7-8-14-22(28)29)15-24-18(16-9-3-1-4-10-16)19(25)17-11-5-2-6-12-17;;/h1-6,9-12,18-19,24-25,28-29H,7-8,13-15,23H2,(H,26,27);2*1H/t18-,19+,21?;;/m1../s1. The van der Waals surface area contributed by atoms with Crippen LogP contribution in [-0.2, 0) is 4.79 Å². The molecule has 0 aliphatic rings. The van der Waals surface area contributed by atoms with Gasteiger partial charge in [-0.3, -0.25) is 4.79 Å². The molecule has 2 aromatic rings. The summed E-state index contributed by atoms with van der Waals surface area (Å²) in [5, 5.41) is 41.6. The number of benzene rings is 2. The molecule has 1 unspecified atom stereocenters. The lowest BCUT2D eigenvalue weighted by molar-refractivity contribution is -0.143. The molecule has 0 heterocycles. The second-order valence-electron chi connectivity index (χ2n) is 7.31. The molecule has 0 amide bonds. The first-order chi connectivity index (χ1) is 13.8. The topological polar surface area (TPSA) is 136 Å². The molecule has 2 aromatic carbocycles. The predicted molar refractivity (Wildman–Crippen MR) is 126 cm³/mol. The number of hydrogen-bond acceptors (Lipinski definition) is 6. The maximum Gasteiger partial charge on any atom is 0.451 e. The Bertz CT molecular complexity index is 758. The van der Waals surface area contributed by atoms with Crippen LogP contribution in [0.2, 0.25) is 6.32 Å². The van der Waals surface area contributed by atoms with Crippen molar-refractivity contribution < 1.29 is 25.1 Å². The highest BCUT2D eigenvalue weighted by atomic mass is 35.5. The molecule has 0 bridgehead atoms. The van der Waals surface area contributed by atoms with Crippen LogP contribution in [-0.4, -0.2) is 45.4 Å². The number of nitrogens with two attached hydrogens (primary N) is 1. The number of carboxylic acid groups (broad SMARTS) is 1. The van der Waals surface area contributed by atoms with E-state index in [0.29, 0.717) is 18.4 Å². The smallest absolute Gasteiger partial charge is 0.451 e. The van der Waals surface area contributed by atoms with Crippen LogP contribution >= 0.6 is 24.8 Å². The molecule has 0 saturated heterocycles. The zero-order chi connectivity index (χ0) is 21.3. The van der Waals surface area contributed by atoms with Gasteiger partial charge in [-0.1, -0.05) is 73.5 Å². The van der Waals surface area contributed by atoms with Crippen LogP contribution in [0.5, 0.6) is 0 Å². The van der Waals surface area contributed by atoms with Crippen LogP contribution < -0.4 is 11.1 Å². The lowest BCUT2D eigenvalue weighted by atomic mass is 9.82. The maximum atomic E-state index is 11.8. The Morgan fingerprint density at radius 1 is 0.968 bits per heavy atom. The summed E-state index contributed by atoms with van der Waals surface area (Å²) >= 11 is 0. The summed E-state index contributed by atoms with van der Waals surface area (Å²) in [7, 11) is -1.41. The Kier molecular flexibility index (Phi) is 13.7. The van der Waals surface area contributed by atoms with Crippen LogP contribution in [0.3, 0.4) is 0 Å². The van der Waals surface area contributed by atoms with E-state index in [0.717, 1.165) is 5.56 Å². The van der Waals surface area contributed by atoms with Gasteiger partial charge in [-0.05, 0) is 23.9 Å². The van der Waals surface area contributed by atoms with Crippen molar-refractivity contribution in [2.75, 3.05) is 6.54 Å². The van der Waals surface area contributed by atoms with E-state index in [1.807, 2.05) is 60.7 Å². The van der Waals surface area contributed by atoms with Crippen molar-refractivity contribution in [2.45, 2.75) is 43.3 Å². The molecule has 3 atom stereocenters. The van der Waals surface area contributed by atoms with Gasteiger partial charge in [-0.15, -0.1) is 24.8 Å². The molecule has 2 rings (SSSR count). The van der Waals surface area contributed by atoms with E-state index in [9.17, 15) is 15.0 Å². The van der Waals surface area contributed by atoms with Crippen molar-refractivity contribution in [2.24, 2.45) is 5.73 Å². The Hall–Kier alpha value is -1.65. The molecule has 0 fully saturated rings. The molecule has 0 aromatic heterocycles. The number of aliphatic hydroxyl groups excluding tert-OH is 1. The van der Waals surface area contributed by atoms with Crippen LogP contribution in [0.15, 0.2) is 60.7 Å². The summed E-state index contributed by atoms with van der Waals surface area (Å²) in [5.41, 5.74) is 6.15. The van der Waals surface area contributed by atoms with Gasteiger partial charge in [0.1, 0.15) is 5.54 Å². The molecule has 10 heteroatoms. The summed E-state index contributed by atoms with van der Waals surface area (Å²) < 4.78 is 0. The van der Waals surface area contributed by atoms with Crippen LogP contribution in [0.1, 0.15) is 42.5 Å². The molecule has 0 aliphatic heterocycles. The van der Waals surface area contributed by atoms with Crippen molar-refractivity contribution in [1.82, 2.24) is 5.32 Å². The van der Waals surface area contributed by atoms with E-state index in [2.05, 4.69) is 5.32 Å². The zero-order valence-corrected chi connectivity index (χ0v) is 18.8. The minimum Gasteiger partial charge on any atom is -0.480 e. The Morgan fingerprint density at radius 3 is 1.97 bits per heavy atom. The van der Waals surface area contributed by atoms with Gasteiger partial charge < -0.3 is 31.3 Å². The molecular formula is C21H31BCl2N2O5. The van der Waals surface area contributed by atoms with Crippen molar-refractivity contribution in [3.63, 3.8) is 0 Å². The van der Waals surface area contributed by atoms with Crippen LogP contribution in [0.25, 0.3) is 0 Å². The summed E-state index contributed by atoms with van der Waals surface area (Å²) in [6, 6.07) is 17.9. The third-order valence-electron chi connectivity index (χ3n) is 5.01. The molecule has 0 radical (unpaired) electrons.